The highest BCUT2D eigenvalue weighted by atomic mass is 16.1. The summed E-state index contributed by atoms with van der Waals surface area (Å²) in [6.07, 6.45) is 6.72. The van der Waals surface area contributed by atoms with Gasteiger partial charge < -0.3 is 10.3 Å². The molecule has 4 heteroatoms. The van der Waals surface area contributed by atoms with Crippen LogP contribution in [0.2, 0.25) is 0 Å². The first-order valence-electron chi connectivity index (χ1n) is 4.62. The van der Waals surface area contributed by atoms with E-state index in [9.17, 15) is 4.79 Å². The van der Waals surface area contributed by atoms with Crippen LogP contribution < -0.4 is 5.32 Å². The summed E-state index contributed by atoms with van der Waals surface area (Å²) in [5.74, 6) is 1.24. The molecule has 13 heavy (non-hydrogen) atoms. The molecule has 0 radical (unpaired) electrons. The van der Waals surface area contributed by atoms with Crippen molar-refractivity contribution in [3.8, 4) is 0 Å². The largest absolute Gasteiger partial charge is 0.349 e. The molecule has 1 aromatic rings. The van der Waals surface area contributed by atoms with E-state index in [4.69, 9.17) is 0 Å². The highest BCUT2D eigenvalue weighted by Gasteiger charge is 2.24. The van der Waals surface area contributed by atoms with Gasteiger partial charge in [0.1, 0.15) is 5.82 Å². The molecule has 0 aromatic carbocycles. The standard InChI is InChI=1S/C9H13N3O/c13-9(7-2-1-3-7)12-6-8-10-4-5-11-8/h4-5,7H,1-3,6H2,(H,10,11)(H,12,13). The average Bonchev–Trinajstić information content (AvgIpc) is 2.49. The van der Waals surface area contributed by atoms with Crippen LogP contribution in [0.1, 0.15) is 25.1 Å². The predicted octanol–water partition coefficient (Wildman–Crippen LogP) is 0.826. The molecule has 1 amide bonds. The fourth-order valence-corrected chi connectivity index (χ4v) is 1.38. The molecule has 70 valence electrons. The molecule has 1 heterocycles. The first kappa shape index (κ1) is 8.29. The van der Waals surface area contributed by atoms with Crippen molar-refractivity contribution in [3.63, 3.8) is 0 Å². The van der Waals surface area contributed by atoms with E-state index in [2.05, 4.69) is 15.3 Å². The molecule has 1 aliphatic carbocycles. The zero-order chi connectivity index (χ0) is 9.10. The lowest BCUT2D eigenvalue weighted by Crippen LogP contribution is -2.34. The summed E-state index contributed by atoms with van der Waals surface area (Å²) in [4.78, 5) is 18.3. The maximum absolute atomic E-state index is 11.4. The van der Waals surface area contributed by atoms with E-state index in [0.717, 1.165) is 18.7 Å². The average molecular weight is 179 g/mol. The molecular weight excluding hydrogens is 166 g/mol. The first-order chi connectivity index (χ1) is 6.36. The van der Waals surface area contributed by atoms with Crippen molar-refractivity contribution >= 4 is 5.91 Å². The van der Waals surface area contributed by atoms with Crippen LogP contribution in [-0.2, 0) is 11.3 Å². The van der Waals surface area contributed by atoms with Gasteiger partial charge in [-0.25, -0.2) is 4.98 Å². The van der Waals surface area contributed by atoms with Gasteiger partial charge in [-0.15, -0.1) is 0 Å². The van der Waals surface area contributed by atoms with Gasteiger partial charge in [-0.3, -0.25) is 4.79 Å². The molecule has 0 spiro atoms. The molecule has 4 nitrogen and oxygen atoms in total. The Labute approximate surface area is 76.8 Å². The smallest absolute Gasteiger partial charge is 0.223 e. The second kappa shape index (κ2) is 3.60. The van der Waals surface area contributed by atoms with Crippen molar-refractivity contribution in [2.75, 3.05) is 0 Å². The van der Waals surface area contributed by atoms with Crippen molar-refractivity contribution < 1.29 is 4.79 Å². The minimum Gasteiger partial charge on any atom is -0.349 e. The van der Waals surface area contributed by atoms with Crippen LogP contribution >= 0.6 is 0 Å². The third kappa shape index (κ3) is 1.88. The maximum atomic E-state index is 11.4. The molecule has 0 atom stereocenters. The number of amides is 1. The van der Waals surface area contributed by atoms with Gasteiger partial charge in [-0.2, -0.15) is 0 Å². The third-order valence-corrected chi connectivity index (χ3v) is 2.46. The van der Waals surface area contributed by atoms with Gasteiger partial charge in [0.15, 0.2) is 0 Å². The van der Waals surface area contributed by atoms with Crippen LogP contribution in [0.25, 0.3) is 0 Å². The summed E-state index contributed by atoms with van der Waals surface area (Å²) in [6.45, 7) is 0.516. The van der Waals surface area contributed by atoms with Crippen molar-refractivity contribution in [2.24, 2.45) is 5.92 Å². The summed E-state index contributed by atoms with van der Waals surface area (Å²) in [6, 6.07) is 0. The summed E-state index contributed by atoms with van der Waals surface area (Å²) in [5, 5.41) is 2.85. The second-order valence-corrected chi connectivity index (χ2v) is 3.38. The molecule has 1 aromatic heterocycles. The number of hydrogen-bond donors (Lipinski definition) is 2. The first-order valence-corrected chi connectivity index (χ1v) is 4.62. The Bertz CT molecular complexity index is 277. The van der Waals surface area contributed by atoms with Crippen LogP contribution in [-0.4, -0.2) is 15.9 Å². The second-order valence-electron chi connectivity index (χ2n) is 3.38. The summed E-state index contributed by atoms with van der Waals surface area (Å²) >= 11 is 0. The van der Waals surface area contributed by atoms with Gasteiger partial charge in [0.2, 0.25) is 5.91 Å². The number of nitrogens with one attached hydrogen (secondary N) is 2. The Balaban J connectivity index is 1.76. The van der Waals surface area contributed by atoms with E-state index >= 15 is 0 Å². The maximum Gasteiger partial charge on any atom is 0.223 e. The molecule has 1 aliphatic rings. The van der Waals surface area contributed by atoms with Crippen LogP contribution in [0.4, 0.5) is 0 Å². The van der Waals surface area contributed by atoms with E-state index in [0.29, 0.717) is 6.54 Å². The predicted molar refractivity (Wildman–Crippen MR) is 47.8 cm³/mol. The fraction of sp³-hybridized carbons (Fsp3) is 0.556. The number of hydrogen-bond acceptors (Lipinski definition) is 2. The van der Waals surface area contributed by atoms with E-state index < -0.39 is 0 Å². The van der Waals surface area contributed by atoms with Gasteiger partial charge in [0.25, 0.3) is 0 Å². The minimum absolute atomic E-state index is 0.169. The van der Waals surface area contributed by atoms with Crippen LogP contribution in [0.5, 0.6) is 0 Å². The van der Waals surface area contributed by atoms with Gasteiger partial charge in [0.05, 0.1) is 6.54 Å². The molecular formula is C9H13N3O. The number of rotatable bonds is 3. The van der Waals surface area contributed by atoms with E-state index in [1.54, 1.807) is 12.4 Å². The molecule has 0 bridgehead atoms. The zero-order valence-corrected chi connectivity index (χ0v) is 7.42. The van der Waals surface area contributed by atoms with Crippen LogP contribution in [0.15, 0.2) is 12.4 Å². The Hall–Kier alpha value is -1.32. The monoisotopic (exact) mass is 179 g/mol. The number of aromatic nitrogens is 2. The molecule has 0 aliphatic heterocycles. The number of H-pyrrole nitrogens is 1. The zero-order valence-electron chi connectivity index (χ0n) is 7.42. The number of aromatic amines is 1. The Morgan fingerprint density at radius 2 is 2.54 bits per heavy atom. The summed E-state index contributed by atoms with van der Waals surface area (Å²) < 4.78 is 0. The minimum atomic E-state index is 0.169. The molecule has 1 saturated carbocycles. The molecule has 0 saturated heterocycles. The lowest BCUT2D eigenvalue weighted by Gasteiger charge is -2.23. The van der Waals surface area contributed by atoms with E-state index in [1.165, 1.54) is 6.42 Å². The van der Waals surface area contributed by atoms with Crippen molar-refractivity contribution in [1.82, 2.24) is 15.3 Å². The highest BCUT2D eigenvalue weighted by Crippen LogP contribution is 2.26. The lowest BCUT2D eigenvalue weighted by molar-refractivity contribution is -0.127. The van der Waals surface area contributed by atoms with E-state index in [-0.39, 0.29) is 11.8 Å². The van der Waals surface area contributed by atoms with Crippen LogP contribution in [0.3, 0.4) is 0 Å². The molecule has 2 rings (SSSR count). The molecule has 0 unspecified atom stereocenters. The number of carbonyl (C=O) groups is 1. The number of carbonyl (C=O) groups excluding carboxylic acids is 1. The fourth-order valence-electron chi connectivity index (χ4n) is 1.38. The topological polar surface area (TPSA) is 57.8 Å². The van der Waals surface area contributed by atoms with Gasteiger partial charge in [-0.05, 0) is 12.8 Å². The lowest BCUT2D eigenvalue weighted by atomic mass is 9.85. The normalized spacial score (nSPS) is 16.6. The number of nitrogens with zero attached hydrogens (tertiary/aromatic N) is 1. The quantitative estimate of drug-likeness (QED) is 0.722. The van der Waals surface area contributed by atoms with Gasteiger partial charge >= 0.3 is 0 Å². The SMILES string of the molecule is O=C(NCc1ncc[nH]1)C1CCC1. The highest BCUT2D eigenvalue weighted by molar-refractivity contribution is 5.79. The Morgan fingerprint density at radius 1 is 1.69 bits per heavy atom. The summed E-state index contributed by atoms with van der Waals surface area (Å²) in [5.41, 5.74) is 0. The van der Waals surface area contributed by atoms with Crippen LogP contribution in [0, 0.1) is 5.92 Å². The number of imidazole rings is 1. The summed E-state index contributed by atoms with van der Waals surface area (Å²) in [7, 11) is 0. The van der Waals surface area contributed by atoms with Crippen molar-refractivity contribution in [3.05, 3.63) is 18.2 Å². The van der Waals surface area contributed by atoms with E-state index in [1.807, 2.05) is 0 Å². The van der Waals surface area contributed by atoms with Gasteiger partial charge in [-0.1, -0.05) is 6.42 Å². The van der Waals surface area contributed by atoms with Gasteiger partial charge in [0, 0.05) is 18.3 Å². The third-order valence-electron chi connectivity index (χ3n) is 2.46. The Kier molecular flexibility index (Phi) is 2.29. The van der Waals surface area contributed by atoms with Crippen molar-refractivity contribution in [1.29, 1.82) is 0 Å². The van der Waals surface area contributed by atoms with Crippen molar-refractivity contribution in [2.45, 2.75) is 25.8 Å². The molecule has 2 N–H and O–H groups in total. The molecule has 1 fully saturated rings. The Morgan fingerprint density at radius 3 is 3.08 bits per heavy atom.